The molecule has 1 saturated heterocycles. The van der Waals surface area contributed by atoms with Gasteiger partial charge in [-0.15, -0.1) is 0 Å². The normalized spacial score (nSPS) is 19.0. The van der Waals surface area contributed by atoms with Gasteiger partial charge < -0.3 is 24.8 Å². The highest BCUT2D eigenvalue weighted by Gasteiger charge is 2.40. The molecular formula is C37H36Cl2F2N4O4. The lowest BCUT2D eigenvalue weighted by Gasteiger charge is -2.36. The Labute approximate surface area is 293 Å². The molecule has 2 aliphatic carbocycles. The lowest BCUT2D eigenvalue weighted by atomic mass is 9.80. The molecule has 8 nitrogen and oxygen atoms in total. The molecule has 1 aromatic heterocycles. The van der Waals surface area contributed by atoms with Crippen molar-refractivity contribution < 1.29 is 27.6 Å². The second-order valence-corrected chi connectivity index (χ2v) is 13.9. The van der Waals surface area contributed by atoms with Crippen LogP contribution in [0.15, 0.2) is 65.2 Å². The molecular weight excluding hydrogens is 673 g/mol. The number of carbonyl (C=O) groups excluding carboxylic acids is 2. The van der Waals surface area contributed by atoms with Gasteiger partial charge in [-0.1, -0.05) is 52.6 Å². The number of hydrogen-bond donors (Lipinski definition) is 2. The summed E-state index contributed by atoms with van der Waals surface area (Å²) >= 11 is 12.6. The zero-order valence-corrected chi connectivity index (χ0v) is 28.2. The summed E-state index contributed by atoms with van der Waals surface area (Å²) in [5, 5.41) is 10.5. The molecule has 2 saturated carbocycles. The van der Waals surface area contributed by atoms with Gasteiger partial charge in [-0.2, -0.15) is 0 Å². The highest BCUT2D eigenvalue weighted by molar-refractivity contribution is 6.33. The van der Waals surface area contributed by atoms with Gasteiger partial charge in [0.15, 0.2) is 5.76 Å². The zero-order chi connectivity index (χ0) is 34.1. The maximum Gasteiger partial charge on any atom is 0.228 e. The molecule has 1 aliphatic heterocycles. The lowest BCUT2D eigenvalue weighted by Crippen LogP contribution is -2.47. The van der Waals surface area contributed by atoms with E-state index in [4.69, 9.17) is 32.5 Å². The molecule has 12 heteroatoms. The van der Waals surface area contributed by atoms with E-state index in [2.05, 4.69) is 15.8 Å². The number of ether oxygens (including phenoxy) is 1. The van der Waals surface area contributed by atoms with Crippen LogP contribution in [0.25, 0.3) is 11.3 Å². The van der Waals surface area contributed by atoms with Crippen LogP contribution >= 0.6 is 23.2 Å². The predicted octanol–water partition coefficient (Wildman–Crippen LogP) is 7.21. The molecule has 0 bridgehead atoms. The van der Waals surface area contributed by atoms with Crippen LogP contribution in [0.4, 0.5) is 8.78 Å². The average Bonchev–Trinajstić information content (AvgIpc) is 4.05. The standard InChI is InChI=1S/C37H36Cl2F2N4O4/c38-30-10-1-21(16-34(46)43-24-4-5-24)15-23(30)19-45(25-6-7-25)37(47)29-18-42-14-13-28(29)22-2-8-26(9-3-22)48-20-27-17-33(44-49-27)35-31(40)11-12-32(41)36(35)39/h1-3,8-12,15,17,24-25,28-29,42H,4-7,13-14,16,18-20H2,(H,43,46)/t28-,29+/m1/s1. The summed E-state index contributed by atoms with van der Waals surface area (Å²) in [5.41, 5.74) is 2.68. The largest absolute Gasteiger partial charge is 0.486 e. The van der Waals surface area contributed by atoms with Crippen molar-refractivity contribution >= 4 is 35.0 Å². The highest BCUT2D eigenvalue weighted by atomic mass is 35.5. The van der Waals surface area contributed by atoms with Crippen LogP contribution in [0.5, 0.6) is 5.75 Å². The van der Waals surface area contributed by atoms with Gasteiger partial charge in [-0.3, -0.25) is 9.59 Å². The van der Waals surface area contributed by atoms with Crippen molar-refractivity contribution in [2.45, 2.75) is 69.7 Å². The van der Waals surface area contributed by atoms with Gasteiger partial charge in [0.25, 0.3) is 0 Å². The smallest absolute Gasteiger partial charge is 0.228 e. The molecule has 2 N–H and O–H groups in total. The summed E-state index contributed by atoms with van der Waals surface area (Å²) in [6, 6.07) is 17.2. The van der Waals surface area contributed by atoms with Crippen molar-refractivity contribution in [2.75, 3.05) is 13.1 Å². The van der Waals surface area contributed by atoms with Crippen LogP contribution in [0, 0.1) is 17.6 Å². The molecule has 2 heterocycles. The summed E-state index contributed by atoms with van der Waals surface area (Å²) < 4.78 is 39.4. The van der Waals surface area contributed by atoms with Gasteiger partial charge in [-0.25, -0.2) is 8.78 Å². The van der Waals surface area contributed by atoms with Crippen molar-refractivity contribution in [3.63, 3.8) is 0 Å². The van der Waals surface area contributed by atoms with Crippen molar-refractivity contribution in [3.8, 4) is 17.0 Å². The Hall–Kier alpha value is -3.99. The minimum atomic E-state index is -0.752. The van der Waals surface area contributed by atoms with E-state index in [1.807, 2.05) is 47.4 Å². The summed E-state index contributed by atoms with van der Waals surface area (Å²) in [7, 11) is 0. The van der Waals surface area contributed by atoms with Crippen LogP contribution < -0.4 is 15.4 Å². The Morgan fingerprint density at radius 2 is 1.76 bits per heavy atom. The summed E-state index contributed by atoms with van der Waals surface area (Å²) in [5.74, 6) is -0.700. The van der Waals surface area contributed by atoms with Crippen LogP contribution in [0.1, 0.15) is 60.5 Å². The number of benzene rings is 3. The Balaban J connectivity index is 1.01. The number of amides is 2. The Bertz CT molecular complexity index is 1840. The summed E-state index contributed by atoms with van der Waals surface area (Å²) in [6.07, 6.45) is 5.09. The summed E-state index contributed by atoms with van der Waals surface area (Å²) in [6.45, 7) is 1.79. The minimum absolute atomic E-state index is 0.00784. The first-order valence-electron chi connectivity index (χ1n) is 16.6. The second kappa shape index (κ2) is 14.5. The SMILES string of the molecule is O=C(Cc1ccc(Cl)c(CN(C(=O)[C@H]2CNCC[C@@H]2c2ccc(OCc3cc(-c4c(F)ccc(F)c4Cl)no3)cc2)C2CC2)c1)NC1CC1. The Morgan fingerprint density at radius 1 is 0.980 bits per heavy atom. The van der Waals surface area contributed by atoms with Gasteiger partial charge in [-0.05, 0) is 91.6 Å². The molecule has 0 spiro atoms. The maximum atomic E-state index is 14.3. The molecule has 3 aliphatic rings. The molecule has 3 aromatic carbocycles. The van der Waals surface area contributed by atoms with E-state index in [-0.39, 0.29) is 59.0 Å². The molecule has 0 unspecified atom stereocenters. The number of nitrogens with one attached hydrogen (secondary N) is 2. The molecule has 7 rings (SSSR count). The number of halogens is 4. The molecule has 4 aromatic rings. The third-order valence-electron chi connectivity index (χ3n) is 9.38. The van der Waals surface area contributed by atoms with Crippen molar-refractivity contribution in [2.24, 2.45) is 5.92 Å². The fraction of sp³-hybridized carbons (Fsp3) is 0.378. The van der Waals surface area contributed by atoms with Gasteiger partial charge in [0.05, 0.1) is 22.9 Å². The monoisotopic (exact) mass is 708 g/mol. The number of carbonyl (C=O) groups is 2. The molecule has 3 fully saturated rings. The number of rotatable bonds is 12. The molecule has 49 heavy (non-hydrogen) atoms. The third kappa shape index (κ3) is 7.92. The third-order valence-corrected chi connectivity index (χ3v) is 10.1. The van der Waals surface area contributed by atoms with E-state index in [0.717, 1.165) is 67.5 Å². The van der Waals surface area contributed by atoms with Crippen LogP contribution in [0.2, 0.25) is 10.0 Å². The van der Waals surface area contributed by atoms with Crippen molar-refractivity contribution in [1.82, 2.24) is 20.7 Å². The van der Waals surface area contributed by atoms with E-state index in [1.165, 1.54) is 6.07 Å². The fourth-order valence-electron chi connectivity index (χ4n) is 6.46. The summed E-state index contributed by atoms with van der Waals surface area (Å²) in [4.78, 5) is 28.7. The van der Waals surface area contributed by atoms with Gasteiger partial charge >= 0.3 is 0 Å². The maximum absolute atomic E-state index is 14.3. The van der Waals surface area contributed by atoms with Crippen LogP contribution in [0.3, 0.4) is 0 Å². The molecule has 2 atom stereocenters. The zero-order valence-electron chi connectivity index (χ0n) is 26.7. The van der Waals surface area contributed by atoms with E-state index in [9.17, 15) is 18.4 Å². The highest BCUT2D eigenvalue weighted by Crippen LogP contribution is 2.38. The minimum Gasteiger partial charge on any atom is -0.486 e. The van der Waals surface area contributed by atoms with Gasteiger partial charge in [0, 0.05) is 36.3 Å². The first-order chi connectivity index (χ1) is 23.7. The van der Waals surface area contributed by atoms with Gasteiger partial charge in [0.1, 0.15) is 29.7 Å². The number of hydrogen-bond acceptors (Lipinski definition) is 6. The average molecular weight is 710 g/mol. The molecule has 0 radical (unpaired) electrons. The molecule has 2 amide bonds. The van der Waals surface area contributed by atoms with E-state index in [0.29, 0.717) is 35.7 Å². The van der Waals surface area contributed by atoms with Crippen molar-refractivity contribution in [1.29, 1.82) is 0 Å². The number of aromatic nitrogens is 1. The topological polar surface area (TPSA) is 96.7 Å². The van der Waals surface area contributed by atoms with E-state index in [1.54, 1.807) is 0 Å². The Morgan fingerprint density at radius 3 is 2.51 bits per heavy atom. The van der Waals surface area contributed by atoms with Crippen LogP contribution in [-0.2, 0) is 29.2 Å². The quantitative estimate of drug-likeness (QED) is 0.151. The van der Waals surface area contributed by atoms with E-state index < -0.39 is 11.6 Å². The second-order valence-electron chi connectivity index (χ2n) is 13.1. The van der Waals surface area contributed by atoms with Gasteiger partial charge in [0.2, 0.25) is 11.8 Å². The van der Waals surface area contributed by atoms with Crippen molar-refractivity contribution in [3.05, 3.63) is 105 Å². The number of piperidine rings is 1. The predicted molar refractivity (Wildman–Crippen MR) is 181 cm³/mol. The lowest BCUT2D eigenvalue weighted by molar-refractivity contribution is -0.138. The van der Waals surface area contributed by atoms with E-state index >= 15 is 0 Å². The number of nitrogens with zero attached hydrogens (tertiary/aromatic N) is 2. The first-order valence-corrected chi connectivity index (χ1v) is 17.4. The Kier molecular flexibility index (Phi) is 9.89. The fourth-order valence-corrected chi connectivity index (χ4v) is 6.89. The van der Waals surface area contributed by atoms with Crippen LogP contribution in [-0.4, -0.2) is 47.0 Å². The molecule has 256 valence electrons. The first kappa shape index (κ1) is 33.5.